The predicted molar refractivity (Wildman–Crippen MR) is 84.5 cm³/mol. The van der Waals surface area contributed by atoms with Crippen molar-refractivity contribution in [3.63, 3.8) is 0 Å². The standard InChI is InChI=1S/C17H26N2O2/c1-18-13-10-15-14(12-6-8-19(2)9-7-12)4-5-16(20-3)17(15)21-11-13/h4-5,12-13,18H,6-11H2,1-3H3. The maximum absolute atomic E-state index is 6.00. The van der Waals surface area contributed by atoms with Crippen molar-refractivity contribution in [3.8, 4) is 11.5 Å². The molecule has 0 bridgehead atoms. The van der Waals surface area contributed by atoms with Gasteiger partial charge in [-0.3, -0.25) is 0 Å². The third-order valence-electron chi connectivity index (χ3n) is 4.93. The van der Waals surface area contributed by atoms with Crippen LogP contribution >= 0.6 is 0 Å². The minimum absolute atomic E-state index is 0.398. The molecule has 0 saturated carbocycles. The van der Waals surface area contributed by atoms with Crippen LogP contribution in [0.25, 0.3) is 0 Å². The van der Waals surface area contributed by atoms with E-state index in [0.29, 0.717) is 12.0 Å². The number of hydrogen-bond donors (Lipinski definition) is 1. The number of likely N-dealkylation sites (N-methyl/N-ethyl adjacent to an activating group) is 1. The fourth-order valence-corrected chi connectivity index (χ4v) is 3.53. The molecule has 1 fully saturated rings. The van der Waals surface area contributed by atoms with Gasteiger partial charge in [-0.1, -0.05) is 6.07 Å². The van der Waals surface area contributed by atoms with Gasteiger partial charge in [0.1, 0.15) is 6.61 Å². The van der Waals surface area contributed by atoms with E-state index in [0.717, 1.165) is 24.5 Å². The van der Waals surface area contributed by atoms with Crippen molar-refractivity contribution in [2.24, 2.45) is 0 Å². The van der Waals surface area contributed by atoms with Crippen molar-refractivity contribution >= 4 is 0 Å². The molecule has 1 unspecified atom stereocenters. The van der Waals surface area contributed by atoms with E-state index in [9.17, 15) is 0 Å². The summed E-state index contributed by atoms with van der Waals surface area (Å²) in [5, 5.41) is 3.35. The summed E-state index contributed by atoms with van der Waals surface area (Å²) in [6.07, 6.45) is 3.50. The number of nitrogens with zero attached hydrogens (tertiary/aromatic N) is 1. The largest absolute Gasteiger partial charge is 0.493 e. The summed E-state index contributed by atoms with van der Waals surface area (Å²) in [6.45, 7) is 3.08. The fourth-order valence-electron chi connectivity index (χ4n) is 3.53. The van der Waals surface area contributed by atoms with E-state index in [2.05, 4.69) is 29.4 Å². The Bertz CT molecular complexity index is 496. The van der Waals surface area contributed by atoms with Crippen LogP contribution in [0.5, 0.6) is 11.5 Å². The van der Waals surface area contributed by atoms with Crippen LogP contribution in [-0.2, 0) is 6.42 Å². The first-order valence-electron chi connectivity index (χ1n) is 7.91. The number of fused-ring (bicyclic) bond motifs is 1. The average molecular weight is 290 g/mol. The van der Waals surface area contributed by atoms with Gasteiger partial charge in [-0.05, 0) is 64.0 Å². The normalized spacial score (nSPS) is 23.5. The predicted octanol–water partition coefficient (Wildman–Crippen LogP) is 2.03. The molecule has 4 nitrogen and oxygen atoms in total. The van der Waals surface area contributed by atoms with Gasteiger partial charge in [0, 0.05) is 11.6 Å². The van der Waals surface area contributed by atoms with Crippen LogP contribution in [0.15, 0.2) is 12.1 Å². The molecule has 1 saturated heterocycles. The minimum atomic E-state index is 0.398. The third kappa shape index (κ3) is 2.87. The molecule has 3 rings (SSSR count). The lowest BCUT2D eigenvalue weighted by Crippen LogP contribution is -2.38. The molecule has 0 aliphatic carbocycles. The fraction of sp³-hybridized carbons (Fsp3) is 0.647. The highest BCUT2D eigenvalue weighted by Crippen LogP contribution is 2.41. The van der Waals surface area contributed by atoms with E-state index in [-0.39, 0.29) is 0 Å². The Morgan fingerprint density at radius 1 is 1.29 bits per heavy atom. The molecule has 1 atom stereocenters. The lowest BCUT2D eigenvalue weighted by atomic mass is 9.83. The lowest BCUT2D eigenvalue weighted by Gasteiger charge is -2.34. The zero-order valence-electron chi connectivity index (χ0n) is 13.3. The van der Waals surface area contributed by atoms with Crippen LogP contribution in [-0.4, -0.2) is 51.8 Å². The van der Waals surface area contributed by atoms with Crippen LogP contribution in [0.3, 0.4) is 0 Å². The highest BCUT2D eigenvalue weighted by molar-refractivity contribution is 5.53. The highest BCUT2D eigenvalue weighted by Gasteiger charge is 2.28. The summed E-state index contributed by atoms with van der Waals surface area (Å²) >= 11 is 0. The molecule has 0 spiro atoms. The van der Waals surface area contributed by atoms with Gasteiger partial charge >= 0.3 is 0 Å². The highest BCUT2D eigenvalue weighted by atomic mass is 16.5. The number of nitrogens with one attached hydrogen (secondary N) is 1. The lowest BCUT2D eigenvalue weighted by molar-refractivity contribution is 0.227. The molecule has 1 aromatic carbocycles. The van der Waals surface area contributed by atoms with Crippen molar-refractivity contribution in [2.75, 3.05) is 40.9 Å². The first-order valence-corrected chi connectivity index (χ1v) is 7.91. The summed E-state index contributed by atoms with van der Waals surface area (Å²) in [6, 6.07) is 4.73. The molecule has 4 heteroatoms. The Morgan fingerprint density at radius 2 is 2.05 bits per heavy atom. The van der Waals surface area contributed by atoms with Gasteiger partial charge in [0.05, 0.1) is 7.11 Å². The van der Waals surface area contributed by atoms with Crippen LogP contribution in [0.2, 0.25) is 0 Å². The van der Waals surface area contributed by atoms with E-state index in [4.69, 9.17) is 9.47 Å². The number of ether oxygens (including phenoxy) is 2. The zero-order valence-corrected chi connectivity index (χ0v) is 13.3. The van der Waals surface area contributed by atoms with Gasteiger partial charge in [-0.15, -0.1) is 0 Å². The van der Waals surface area contributed by atoms with Crippen molar-refractivity contribution in [3.05, 3.63) is 23.3 Å². The van der Waals surface area contributed by atoms with E-state index in [1.165, 1.54) is 37.1 Å². The van der Waals surface area contributed by atoms with Gasteiger partial charge in [0.15, 0.2) is 11.5 Å². The van der Waals surface area contributed by atoms with Crippen molar-refractivity contribution < 1.29 is 9.47 Å². The molecule has 0 amide bonds. The minimum Gasteiger partial charge on any atom is -0.493 e. The zero-order chi connectivity index (χ0) is 14.8. The first-order chi connectivity index (χ1) is 10.2. The van der Waals surface area contributed by atoms with Gasteiger partial charge < -0.3 is 19.7 Å². The first kappa shape index (κ1) is 14.7. The SMILES string of the molecule is CNC1COc2c(OC)ccc(C3CCN(C)CC3)c2C1. The molecule has 0 aromatic heterocycles. The summed E-state index contributed by atoms with van der Waals surface area (Å²) in [4.78, 5) is 2.42. The van der Waals surface area contributed by atoms with Gasteiger partial charge in [0.2, 0.25) is 0 Å². The number of rotatable bonds is 3. The summed E-state index contributed by atoms with van der Waals surface area (Å²) < 4.78 is 11.5. The van der Waals surface area contributed by atoms with Crippen LogP contribution in [0, 0.1) is 0 Å². The second kappa shape index (κ2) is 6.24. The van der Waals surface area contributed by atoms with E-state index in [1.54, 1.807) is 7.11 Å². The van der Waals surface area contributed by atoms with E-state index in [1.807, 2.05) is 7.05 Å². The number of hydrogen-bond acceptors (Lipinski definition) is 4. The Kier molecular flexibility index (Phi) is 4.36. The van der Waals surface area contributed by atoms with Crippen LogP contribution in [0.4, 0.5) is 0 Å². The molecule has 0 radical (unpaired) electrons. The molecule has 2 aliphatic rings. The maximum Gasteiger partial charge on any atom is 0.164 e. The molecule has 1 aromatic rings. The molecular formula is C17H26N2O2. The molecule has 2 aliphatic heterocycles. The monoisotopic (exact) mass is 290 g/mol. The number of likely N-dealkylation sites (tertiary alicyclic amines) is 1. The number of benzene rings is 1. The van der Waals surface area contributed by atoms with E-state index < -0.39 is 0 Å². The van der Waals surface area contributed by atoms with Gasteiger partial charge in [0.25, 0.3) is 0 Å². The van der Waals surface area contributed by atoms with Crippen LogP contribution < -0.4 is 14.8 Å². The smallest absolute Gasteiger partial charge is 0.164 e. The van der Waals surface area contributed by atoms with Gasteiger partial charge in [-0.25, -0.2) is 0 Å². The quantitative estimate of drug-likeness (QED) is 0.923. The Hall–Kier alpha value is -1.26. The topological polar surface area (TPSA) is 33.7 Å². The van der Waals surface area contributed by atoms with Crippen molar-refractivity contribution in [2.45, 2.75) is 31.2 Å². The van der Waals surface area contributed by atoms with Crippen molar-refractivity contribution in [1.29, 1.82) is 0 Å². The second-order valence-electron chi connectivity index (χ2n) is 6.24. The second-order valence-corrected chi connectivity index (χ2v) is 6.24. The van der Waals surface area contributed by atoms with Gasteiger partial charge in [-0.2, -0.15) is 0 Å². The Labute approximate surface area is 127 Å². The molecule has 1 N–H and O–H groups in total. The summed E-state index contributed by atoms with van der Waals surface area (Å²) in [5.74, 6) is 2.50. The average Bonchev–Trinajstić information content (AvgIpc) is 2.54. The number of piperidine rings is 1. The maximum atomic E-state index is 6.00. The Balaban J connectivity index is 1.93. The summed E-state index contributed by atoms with van der Waals surface area (Å²) in [5.41, 5.74) is 2.83. The molecular weight excluding hydrogens is 264 g/mol. The van der Waals surface area contributed by atoms with E-state index >= 15 is 0 Å². The summed E-state index contributed by atoms with van der Waals surface area (Å²) in [7, 11) is 5.94. The molecule has 116 valence electrons. The Morgan fingerprint density at radius 3 is 2.71 bits per heavy atom. The van der Waals surface area contributed by atoms with Crippen LogP contribution in [0.1, 0.15) is 29.9 Å². The van der Waals surface area contributed by atoms with Crippen molar-refractivity contribution in [1.82, 2.24) is 10.2 Å². The number of methoxy groups -OCH3 is 1. The molecule has 2 heterocycles. The molecule has 21 heavy (non-hydrogen) atoms. The third-order valence-corrected chi connectivity index (χ3v) is 4.93.